The number of hydrogen-bond acceptors (Lipinski definition) is 5. The molecule has 2 aliphatic heterocycles. The summed E-state index contributed by atoms with van der Waals surface area (Å²) in [4.78, 5) is 14.6. The number of amides is 1. The summed E-state index contributed by atoms with van der Waals surface area (Å²) in [5, 5.41) is 0.0968. The summed E-state index contributed by atoms with van der Waals surface area (Å²) in [6, 6.07) is 4.37. The Morgan fingerprint density at radius 3 is 2.62 bits per heavy atom. The second kappa shape index (κ2) is 7.82. The largest absolute Gasteiger partial charge is 0.350 e. The van der Waals surface area contributed by atoms with Gasteiger partial charge in [-0.3, -0.25) is 4.79 Å². The van der Waals surface area contributed by atoms with Crippen LogP contribution in [-0.2, 0) is 19.5 Å². The van der Waals surface area contributed by atoms with Crippen molar-refractivity contribution in [3.63, 3.8) is 0 Å². The highest BCUT2D eigenvalue weighted by molar-refractivity contribution is 7.89. The first-order chi connectivity index (χ1) is 12.3. The standard InChI is InChI=1S/C17H23ClN2O5S/c1-19(2)26(22,23)15-10-12(5-6-14(15)18)16(21)20-7-3-4-13(11-20)17-24-8-9-25-17/h5-6,10,13,17H,3-4,7-9,11H2,1-2H3. The van der Waals surface area contributed by atoms with Gasteiger partial charge in [0.25, 0.3) is 5.91 Å². The predicted octanol–water partition coefficient (Wildman–Crippen LogP) is 1.82. The highest BCUT2D eigenvalue weighted by atomic mass is 35.5. The van der Waals surface area contributed by atoms with Gasteiger partial charge >= 0.3 is 0 Å². The third-order valence-corrected chi connectivity index (χ3v) is 7.01. The van der Waals surface area contributed by atoms with Crippen molar-refractivity contribution in [1.82, 2.24) is 9.21 Å². The van der Waals surface area contributed by atoms with Crippen LogP contribution in [0.25, 0.3) is 0 Å². The molecule has 0 bridgehead atoms. The maximum atomic E-state index is 12.9. The average molecular weight is 403 g/mol. The average Bonchev–Trinajstić information content (AvgIpc) is 3.16. The van der Waals surface area contributed by atoms with E-state index in [9.17, 15) is 13.2 Å². The number of halogens is 1. The number of likely N-dealkylation sites (tertiary alicyclic amines) is 1. The zero-order valence-electron chi connectivity index (χ0n) is 14.9. The molecule has 1 aromatic carbocycles. The Bertz CT molecular complexity index is 777. The van der Waals surface area contributed by atoms with Crippen LogP contribution in [0.5, 0.6) is 0 Å². The van der Waals surface area contributed by atoms with E-state index in [0.29, 0.717) is 31.9 Å². The number of hydrogen-bond donors (Lipinski definition) is 0. The lowest BCUT2D eigenvalue weighted by molar-refractivity contribution is -0.0969. The quantitative estimate of drug-likeness (QED) is 0.767. The number of piperidine rings is 1. The Labute approximate surface area is 158 Å². The number of carbonyl (C=O) groups excluding carboxylic acids is 1. The Morgan fingerprint density at radius 2 is 1.96 bits per heavy atom. The van der Waals surface area contributed by atoms with Crippen LogP contribution in [-0.4, -0.2) is 70.2 Å². The van der Waals surface area contributed by atoms with Crippen molar-refractivity contribution in [3.05, 3.63) is 28.8 Å². The molecule has 26 heavy (non-hydrogen) atoms. The molecular formula is C17H23ClN2O5S. The van der Waals surface area contributed by atoms with E-state index in [4.69, 9.17) is 21.1 Å². The minimum atomic E-state index is -3.73. The van der Waals surface area contributed by atoms with Gasteiger partial charge in [-0.2, -0.15) is 0 Å². The van der Waals surface area contributed by atoms with Crippen molar-refractivity contribution in [1.29, 1.82) is 0 Å². The van der Waals surface area contributed by atoms with Crippen molar-refractivity contribution in [2.45, 2.75) is 24.0 Å². The Hall–Kier alpha value is -1.19. The molecule has 0 spiro atoms. The lowest BCUT2D eigenvalue weighted by Gasteiger charge is -2.34. The summed E-state index contributed by atoms with van der Waals surface area (Å²) >= 11 is 6.06. The molecule has 2 fully saturated rings. The van der Waals surface area contributed by atoms with Crippen LogP contribution in [0.3, 0.4) is 0 Å². The smallest absolute Gasteiger partial charge is 0.253 e. The SMILES string of the molecule is CN(C)S(=O)(=O)c1cc(C(=O)N2CCCC(C3OCCO3)C2)ccc1Cl. The number of carbonyl (C=O) groups is 1. The van der Waals surface area contributed by atoms with Crippen molar-refractivity contribution in [3.8, 4) is 0 Å². The molecule has 0 radical (unpaired) electrons. The molecule has 1 unspecified atom stereocenters. The molecule has 0 N–H and O–H groups in total. The number of ether oxygens (including phenoxy) is 2. The molecule has 1 aromatic rings. The molecular weight excluding hydrogens is 380 g/mol. The molecule has 2 heterocycles. The maximum absolute atomic E-state index is 12.9. The summed E-state index contributed by atoms with van der Waals surface area (Å²) in [5.41, 5.74) is 0.309. The number of nitrogens with zero attached hydrogens (tertiary/aromatic N) is 2. The summed E-state index contributed by atoms with van der Waals surface area (Å²) in [5.74, 6) is -0.0768. The summed E-state index contributed by atoms with van der Waals surface area (Å²) < 4.78 is 37.0. The van der Waals surface area contributed by atoms with Gasteiger partial charge in [0, 0.05) is 38.7 Å². The first kappa shape index (κ1) is 19.6. The van der Waals surface area contributed by atoms with Crippen LogP contribution >= 0.6 is 11.6 Å². The predicted molar refractivity (Wildman–Crippen MR) is 96.6 cm³/mol. The van der Waals surface area contributed by atoms with E-state index in [1.807, 2.05) is 0 Å². The van der Waals surface area contributed by atoms with Gasteiger partial charge in [0.2, 0.25) is 10.0 Å². The zero-order valence-corrected chi connectivity index (χ0v) is 16.4. The topological polar surface area (TPSA) is 76.2 Å². The Morgan fingerprint density at radius 1 is 1.27 bits per heavy atom. The third kappa shape index (κ3) is 3.89. The molecule has 3 rings (SSSR count). The van der Waals surface area contributed by atoms with E-state index in [1.54, 1.807) is 11.0 Å². The van der Waals surface area contributed by atoms with Gasteiger partial charge in [-0.1, -0.05) is 11.6 Å². The molecule has 1 amide bonds. The monoisotopic (exact) mass is 402 g/mol. The molecule has 2 aliphatic rings. The van der Waals surface area contributed by atoms with Crippen molar-refractivity contribution in [2.75, 3.05) is 40.4 Å². The number of sulfonamides is 1. The van der Waals surface area contributed by atoms with E-state index in [2.05, 4.69) is 0 Å². The van der Waals surface area contributed by atoms with Gasteiger partial charge in [-0.15, -0.1) is 0 Å². The van der Waals surface area contributed by atoms with Gasteiger partial charge in [0.15, 0.2) is 6.29 Å². The number of benzene rings is 1. The molecule has 0 aliphatic carbocycles. The first-order valence-electron chi connectivity index (χ1n) is 8.55. The first-order valence-corrected chi connectivity index (χ1v) is 10.4. The lowest BCUT2D eigenvalue weighted by Crippen LogP contribution is -2.43. The fourth-order valence-electron chi connectivity index (χ4n) is 3.28. The van der Waals surface area contributed by atoms with Crippen LogP contribution in [0.15, 0.2) is 23.1 Å². The van der Waals surface area contributed by atoms with E-state index >= 15 is 0 Å². The molecule has 7 nitrogen and oxygen atoms in total. The van der Waals surface area contributed by atoms with Gasteiger partial charge in [-0.05, 0) is 31.0 Å². The second-order valence-electron chi connectivity index (χ2n) is 6.70. The van der Waals surface area contributed by atoms with Crippen molar-refractivity contribution < 1.29 is 22.7 Å². The lowest BCUT2D eigenvalue weighted by atomic mass is 9.96. The minimum absolute atomic E-state index is 0.0639. The Kier molecular flexibility index (Phi) is 5.88. The normalized spacial score (nSPS) is 22.2. The fourth-order valence-corrected chi connectivity index (χ4v) is 4.67. The van der Waals surface area contributed by atoms with Crippen LogP contribution < -0.4 is 0 Å². The highest BCUT2D eigenvalue weighted by Crippen LogP contribution is 2.28. The van der Waals surface area contributed by atoms with Crippen molar-refractivity contribution in [2.24, 2.45) is 5.92 Å². The second-order valence-corrected chi connectivity index (χ2v) is 9.22. The molecule has 1 atom stereocenters. The van der Waals surface area contributed by atoms with Gasteiger partial charge in [-0.25, -0.2) is 12.7 Å². The zero-order chi connectivity index (χ0) is 18.9. The summed E-state index contributed by atoms with van der Waals surface area (Å²) in [6.45, 7) is 2.32. The molecule has 0 saturated carbocycles. The molecule has 0 aromatic heterocycles. The Balaban J connectivity index is 1.81. The van der Waals surface area contributed by atoms with Gasteiger partial charge < -0.3 is 14.4 Å². The van der Waals surface area contributed by atoms with E-state index in [1.165, 1.54) is 26.2 Å². The number of rotatable bonds is 4. The van der Waals surface area contributed by atoms with Crippen LogP contribution in [0.2, 0.25) is 5.02 Å². The van der Waals surface area contributed by atoms with E-state index in [0.717, 1.165) is 17.1 Å². The molecule has 2 saturated heterocycles. The van der Waals surface area contributed by atoms with Gasteiger partial charge in [0.1, 0.15) is 4.90 Å². The van der Waals surface area contributed by atoms with Gasteiger partial charge in [0.05, 0.1) is 18.2 Å². The summed E-state index contributed by atoms with van der Waals surface area (Å²) in [7, 11) is -0.872. The van der Waals surface area contributed by atoms with E-state index < -0.39 is 10.0 Å². The van der Waals surface area contributed by atoms with Crippen LogP contribution in [0.1, 0.15) is 23.2 Å². The van der Waals surface area contributed by atoms with Crippen molar-refractivity contribution >= 4 is 27.5 Å². The molecule has 144 valence electrons. The minimum Gasteiger partial charge on any atom is -0.350 e. The third-order valence-electron chi connectivity index (χ3n) is 4.71. The maximum Gasteiger partial charge on any atom is 0.253 e. The fraction of sp³-hybridized carbons (Fsp3) is 0.588. The highest BCUT2D eigenvalue weighted by Gasteiger charge is 2.33. The van der Waals surface area contributed by atoms with Crippen LogP contribution in [0.4, 0.5) is 0 Å². The van der Waals surface area contributed by atoms with E-state index in [-0.39, 0.29) is 28.0 Å². The molecule has 9 heteroatoms. The summed E-state index contributed by atoms with van der Waals surface area (Å²) in [6.07, 6.45) is 1.53. The van der Waals surface area contributed by atoms with Crippen LogP contribution in [0, 0.1) is 5.92 Å².